The van der Waals surface area contributed by atoms with E-state index in [0.717, 1.165) is 62.9 Å². The van der Waals surface area contributed by atoms with Crippen LogP contribution in [0.1, 0.15) is 80.1 Å². The highest BCUT2D eigenvalue weighted by molar-refractivity contribution is 5.89. The molecule has 5 rings (SSSR count). The van der Waals surface area contributed by atoms with Crippen LogP contribution < -0.4 is 5.32 Å². The molecule has 2 aromatic rings. The van der Waals surface area contributed by atoms with E-state index in [2.05, 4.69) is 26.6 Å². The molecule has 2 aromatic heterocycles. The summed E-state index contributed by atoms with van der Waals surface area (Å²) in [7, 11) is 0. The number of carbonyl (C=O) groups excluding carboxylic acids is 1. The summed E-state index contributed by atoms with van der Waals surface area (Å²) in [4.78, 5) is 19.4. The number of hydrogen-bond donors (Lipinski definition) is 1. The lowest BCUT2D eigenvalue weighted by Gasteiger charge is -2.33. The molecule has 4 heterocycles. The highest BCUT2D eigenvalue weighted by atomic mass is 16.5. The monoisotopic (exact) mass is 397 g/mol. The van der Waals surface area contributed by atoms with Crippen molar-refractivity contribution in [3.63, 3.8) is 0 Å². The summed E-state index contributed by atoms with van der Waals surface area (Å²) in [6, 6.07) is 1.74. The standard InChI is InChI=1S/C21H27N5O3/c27-21(23-15-12-14-6-1-2-7-16(14)22-13-15)26-10-4-3-8-17(26)19-24-25-20(29-19)18-9-5-11-28-18/h12-13,17-18H,1-11H2,(H,23,27)/t17?,18-/m1/s1. The van der Waals surface area contributed by atoms with Crippen LogP contribution >= 0.6 is 0 Å². The Morgan fingerprint density at radius 2 is 1.97 bits per heavy atom. The van der Waals surface area contributed by atoms with Crippen molar-refractivity contribution in [3.8, 4) is 0 Å². The molecule has 0 aromatic carbocycles. The predicted octanol–water partition coefficient (Wildman–Crippen LogP) is 3.95. The molecule has 0 saturated carbocycles. The van der Waals surface area contributed by atoms with Crippen LogP contribution in [0.4, 0.5) is 10.5 Å². The highest BCUT2D eigenvalue weighted by Crippen LogP contribution is 2.34. The van der Waals surface area contributed by atoms with Gasteiger partial charge in [-0.1, -0.05) is 0 Å². The number of aryl methyl sites for hydroxylation is 2. The minimum Gasteiger partial charge on any atom is -0.420 e. The summed E-state index contributed by atoms with van der Waals surface area (Å²) in [5.74, 6) is 1.04. The van der Waals surface area contributed by atoms with E-state index in [1.165, 1.54) is 18.4 Å². The topological polar surface area (TPSA) is 93.4 Å². The van der Waals surface area contributed by atoms with E-state index in [-0.39, 0.29) is 18.2 Å². The second-order valence-electron chi connectivity index (χ2n) is 8.15. The minimum atomic E-state index is -0.197. The maximum Gasteiger partial charge on any atom is 0.322 e. The number of fused-ring (bicyclic) bond motifs is 1. The smallest absolute Gasteiger partial charge is 0.322 e. The van der Waals surface area contributed by atoms with E-state index >= 15 is 0 Å². The Morgan fingerprint density at radius 1 is 1.07 bits per heavy atom. The Labute approximate surface area is 170 Å². The third kappa shape index (κ3) is 3.85. The fraction of sp³-hybridized carbons (Fsp3) is 0.619. The van der Waals surface area contributed by atoms with Crippen LogP contribution in [0.2, 0.25) is 0 Å². The lowest BCUT2D eigenvalue weighted by molar-refractivity contribution is 0.0842. The summed E-state index contributed by atoms with van der Waals surface area (Å²) in [6.07, 6.45) is 10.8. The average Bonchev–Trinajstić information content (AvgIpc) is 3.45. The lowest BCUT2D eigenvalue weighted by atomic mass is 9.96. The Hall–Kier alpha value is -2.48. The maximum absolute atomic E-state index is 13.1. The molecule has 0 bridgehead atoms. The Balaban J connectivity index is 1.31. The van der Waals surface area contributed by atoms with Gasteiger partial charge in [-0.3, -0.25) is 4.98 Å². The molecular formula is C21H27N5O3. The number of anilines is 1. The van der Waals surface area contributed by atoms with Crippen LogP contribution in [0.15, 0.2) is 16.7 Å². The molecule has 2 amide bonds. The van der Waals surface area contributed by atoms with Crippen LogP contribution in [0, 0.1) is 0 Å². The van der Waals surface area contributed by atoms with E-state index in [4.69, 9.17) is 9.15 Å². The third-order valence-corrected chi connectivity index (χ3v) is 6.13. The van der Waals surface area contributed by atoms with Crippen LogP contribution in [0.3, 0.4) is 0 Å². The molecule has 154 valence electrons. The number of piperidine rings is 1. The molecule has 0 radical (unpaired) electrons. The first kappa shape index (κ1) is 18.5. The second-order valence-corrected chi connectivity index (χ2v) is 8.15. The number of likely N-dealkylation sites (tertiary alicyclic amines) is 1. The van der Waals surface area contributed by atoms with Crippen molar-refractivity contribution >= 4 is 11.7 Å². The summed E-state index contributed by atoms with van der Waals surface area (Å²) in [5.41, 5.74) is 3.17. The number of ether oxygens (including phenoxy) is 1. The first-order chi connectivity index (χ1) is 14.3. The number of carbonyl (C=O) groups is 1. The van der Waals surface area contributed by atoms with Crippen molar-refractivity contribution in [2.45, 2.75) is 69.9 Å². The number of nitrogens with zero attached hydrogens (tertiary/aromatic N) is 4. The first-order valence-electron chi connectivity index (χ1n) is 10.8. The molecule has 29 heavy (non-hydrogen) atoms. The Morgan fingerprint density at radius 3 is 2.86 bits per heavy atom. The summed E-state index contributed by atoms with van der Waals surface area (Å²) in [5, 5.41) is 11.5. The molecular weight excluding hydrogens is 370 g/mol. The zero-order chi connectivity index (χ0) is 19.6. The van der Waals surface area contributed by atoms with Crippen LogP contribution in [0.25, 0.3) is 0 Å². The van der Waals surface area contributed by atoms with Gasteiger partial charge in [0.1, 0.15) is 12.1 Å². The van der Waals surface area contributed by atoms with Gasteiger partial charge < -0.3 is 19.4 Å². The van der Waals surface area contributed by atoms with E-state index in [1.54, 1.807) is 6.20 Å². The highest BCUT2D eigenvalue weighted by Gasteiger charge is 2.33. The summed E-state index contributed by atoms with van der Waals surface area (Å²) < 4.78 is 11.6. The largest absolute Gasteiger partial charge is 0.420 e. The van der Waals surface area contributed by atoms with Gasteiger partial charge in [0.05, 0.1) is 11.9 Å². The van der Waals surface area contributed by atoms with E-state index in [1.807, 2.05) is 4.90 Å². The molecule has 2 atom stereocenters. The average molecular weight is 397 g/mol. The van der Waals surface area contributed by atoms with Crippen LogP contribution in [-0.4, -0.2) is 39.3 Å². The molecule has 8 nitrogen and oxygen atoms in total. The molecule has 1 N–H and O–H groups in total. The van der Waals surface area contributed by atoms with Crippen LogP contribution in [0.5, 0.6) is 0 Å². The van der Waals surface area contributed by atoms with E-state index in [9.17, 15) is 4.79 Å². The number of amides is 2. The van der Waals surface area contributed by atoms with Gasteiger partial charge in [-0.15, -0.1) is 10.2 Å². The zero-order valence-electron chi connectivity index (χ0n) is 16.6. The van der Waals surface area contributed by atoms with Gasteiger partial charge in [0, 0.05) is 18.8 Å². The fourth-order valence-electron chi connectivity index (χ4n) is 4.57. The molecule has 3 aliphatic rings. The molecule has 1 unspecified atom stereocenters. The molecule has 2 saturated heterocycles. The number of hydrogen-bond acceptors (Lipinski definition) is 6. The normalized spacial score (nSPS) is 24.3. The zero-order valence-corrected chi connectivity index (χ0v) is 16.6. The first-order valence-corrected chi connectivity index (χ1v) is 10.8. The van der Waals surface area contributed by atoms with Crippen molar-refractivity contribution in [2.24, 2.45) is 0 Å². The summed E-state index contributed by atoms with van der Waals surface area (Å²) in [6.45, 7) is 1.40. The predicted molar refractivity (Wildman–Crippen MR) is 105 cm³/mol. The van der Waals surface area contributed by atoms with Gasteiger partial charge in [-0.25, -0.2) is 4.79 Å². The van der Waals surface area contributed by atoms with Crippen molar-refractivity contribution in [2.75, 3.05) is 18.5 Å². The van der Waals surface area contributed by atoms with Gasteiger partial charge in [-0.05, 0) is 69.4 Å². The second kappa shape index (κ2) is 8.10. The van der Waals surface area contributed by atoms with Gasteiger partial charge >= 0.3 is 6.03 Å². The van der Waals surface area contributed by atoms with E-state index in [0.29, 0.717) is 18.3 Å². The molecule has 2 aliphatic heterocycles. The van der Waals surface area contributed by atoms with Gasteiger partial charge in [0.2, 0.25) is 11.8 Å². The quantitative estimate of drug-likeness (QED) is 0.843. The van der Waals surface area contributed by atoms with Crippen molar-refractivity contribution in [1.29, 1.82) is 0 Å². The molecule has 2 fully saturated rings. The SMILES string of the molecule is O=C(Nc1cnc2c(c1)CCCC2)N1CCCCC1c1nnc([C@H]2CCCO2)o1. The number of urea groups is 1. The number of nitrogens with one attached hydrogen (secondary N) is 1. The molecule has 1 aliphatic carbocycles. The Bertz CT molecular complexity index is 877. The van der Waals surface area contributed by atoms with Gasteiger partial charge in [0.25, 0.3) is 0 Å². The summed E-state index contributed by atoms with van der Waals surface area (Å²) >= 11 is 0. The number of rotatable bonds is 3. The number of pyridine rings is 1. The van der Waals surface area contributed by atoms with Gasteiger partial charge in [0.15, 0.2) is 0 Å². The molecule has 8 heteroatoms. The fourth-order valence-corrected chi connectivity index (χ4v) is 4.57. The van der Waals surface area contributed by atoms with Crippen molar-refractivity contribution in [1.82, 2.24) is 20.1 Å². The van der Waals surface area contributed by atoms with E-state index < -0.39 is 0 Å². The van der Waals surface area contributed by atoms with Crippen molar-refractivity contribution < 1.29 is 13.9 Å². The Kier molecular flexibility index (Phi) is 5.18. The minimum absolute atomic E-state index is 0.108. The lowest BCUT2D eigenvalue weighted by Crippen LogP contribution is -2.41. The third-order valence-electron chi connectivity index (χ3n) is 6.13. The van der Waals surface area contributed by atoms with Crippen LogP contribution in [-0.2, 0) is 17.6 Å². The maximum atomic E-state index is 13.1. The van der Waals surface area contributed by atoms with Crippen molar-refractivity contribution in [3.05, 3.63) is 35.3 Å². The number of aromatic nitrogens is 3. The van der Waals surface area contributed by atoms with Gasteiger partial charge in [-0.2, -0.15) is 0 Å². The molecule has 0 spiro atoms.